The van der Waals surface area contributed by atoms with Crippen molar-refractivity contribution in [3.63, 3.8) is 0 Å². The van der Waals surface area contributed by atoms with Gasteiger partial charge in [-0.15, -0.1) is 11.3 Å². The minimum Gasteiger partial charge on any atom is -0.486 e. The van der Waals surface area contributed by atoms with E-state index in [9.17, 15) is 0 Å². The molecule has 20 heavy (non-hydrogen) atoms. The van der Waals surface area contributed by atoms with Crippen LogP contribution in [-0.2, 0) is 0 Å². The molecule has 0 spiro atoms. The molecule has 7 heteroatoms. The van der Waals surface area contributed by atoms with Crippen LogP contribution in [0, 0.1) is 0 Å². The molecule has 0 saturated carbocycles. The Morgan fingerprint density at radius 1 is 1.15 bits per heavy atom. The van der Waals surface area contributed by atoms with Crippen molar-refractivity contribution >= 4 is 54.8 Å². The minimum atomic E-state index is -0.300. The molecule has 0 saturated heterocycles. The average molecular weight is 440 g/mol. The van der Waals surface area contributed by atoms with Gasteiger partial charge in [-0.05, 0) is 49.6 Å². The number of ether oxygens (including phenoxy) is 2. The number of nitrogens with two attached hydrogens (primary N) is 1. The number of hydrogen-bond acceptors (Lipinski definition) is 4. The second kappa shape index (κ2) is 5.85. The second-order valence-electron chi connectivity index (χ2n) is 4.27. The predicted octanol–water partition coefficient (Wildman–Crippen LogP) is 4.75. The van der Waals surface area contributed by atoms with Crippen molar-refractivity contribution in [1.82, 2.24) is 0 Å². The topological polar surface area (TPSA) is 44.5 Å². The SMILES string of the molecule is NC(c1cc(Br)c(Br)s1)c1cc2c(cc1Cl)OCCO2. The smallest absolute Gasteiger partial charge is 0.162 e. The van der Waals surface area contributed by atoms with Crippen LogP contribution in [0.1, 0.15) is 16.5 Å². The van der Waals surface area contributed by atoms with Crippen LogP contribution in [0.5, 0.6) is 11.5 Å². The Morgan fingerprint density at radius 3 is 2.40 bits per heavy atom. The van der Waals surface area contributed by atoms with Gasteiger partial charge < -0.3 is 15.2 Å². The summed E-state index contributed by atoms with van der Waals surface area (Å²) in [4.78, 5) is 1.02. The summed E-state index contributed by atoms with van der Waals surface area (Å²) in [5.41, 5.74) is 7.15. The predicted molar refractivity (Wildman–Crippen MR) is 88.2 cm³/mol. The van der Waals surface area contributed by atoms with E-state index in [1.54, 1.807) is 17.4 Å². The zero-order valence-electron chi connectivity index (χ0n) is 10.2. The molecule has 0 fully saturated rings. The van der Waals surface area contributed by atoms with Crippen LogP contribution in [0.4, 0.5) is 0 Å². The highest BCUT2D eigenvalue weighted by molar-refractivity contribution is 9.13. The monoisotopic (exact) mass is 437 g/mol. The van der Waals surface area contributed by atoms with Crippen LogP contribution in [0.2, 0.25) is 5.02 Å². The molecule has 1 aliphatic heterocycles. The fourth-order valence-electron chi connectivity index (χ4n) is 1.99. The summed E-state index contributed by atoms with van der Waals surface area (Å²) in [6.45, 7) is 1.08. The first-order valence-electron chi connectivity index (χ1n) is 5.85. The number of thiophene rings is 1. The van der Waals surface area contributed by atoms with E-state index in [1.165, 1.54) is 0 Å². The van der Waals surface area contributed by atoms with Crippen molar-refractivity contribution in [3.05, 3.63) is 41.9 Å². The molecule has 1 aromatic heterocycles. The molecule has 2 N–H and O–H groups in total. The summed E-state index contributed by atoms with van der Waals surface area (Å²) in [7, 11) is 0. The van der Waals surface area contributed by atoms with Gasteiger partial charge in [0.2, 0.25) is 0 Å². The highest BCUT2D eigenvalue weighted by atomic mass is 79.9. The van der Waals surface area contributed by atoms with E-state index in [2.05, 4.69) is 31.9 Å². The lowest BCUT2D eigenvalue weighted by Crippen LogP contribution is -2.17. The molecule has 0 amide bonds. The summed E-state index contributed by atoms with van der Waals surface area (Å²) in [6.07, 6.45) is 0. The normalized spacial score (nSPS) is 15.2. The molecule has 0 radical (unpaired) electrons. The van der Waals surface area contributed by atoms with Gasteiger partial charge in [0, 0.05) is 20.4 Å². The third-order valence-electron chi connectivity index (χ3n) is 2.97. The molecule has 0 bridgehead atoms. The first-order valence-corrected chi connectivity index (χ1v) is 8.63. The van der Waals surface area contributed by atoms with Crippen LogP contribution < -0.4 is 15.2 Å². The standard InChI is InChI=1S/C13H10Br2ClNO2S/c14-7-4-11(20-13(7)15)12(17)6-3-9-10(5-8(6)16)19-2-1-18-9/h3-5,12H,1-2,17H2. The zero-order valence-corrected chi connectivity index (χ0v) is 14.9. The number of hydrogen-bond donors (Lipinski definition) is 1. The maximum atomic E-state index is 6.32. The molecule has 1 aromatic carbocycles. The van der Waals surface area contributed by atoms with Crippen molar-refractivity contribution in [2.75, 3.05) is 13.2 Å². The zero-order chi connectivity index (χ0) is 14.3. The Morgan fingerprint density at radius 2 is 1.80 bits per heavy atom. The third kappa shape index (κ3) is 2.72. The van der Waals surface area contributed by atoms with E-state index in [4.69, 9.17) is 26.8 Å². The molecular formula is C13H10Br2ClNO2S. The molecule has 0 aliphatic carbocycles. The van der Waals surface area contributed by atoms with Crippen molar-refractivity contribution in [2.45, 2.75) is 6.04 Å². The Labute approximate surface area is 142 Å². The summed E-state index contributed by atoms with van der Waals surface area (Å²) < 4.78 is 13.1. The van der Waals surface area contributed by atoms with Crippen LogP contribution in [0.25, 0.3) is 0 Å². The first kappa shape index (κ1) is 14.7. The molecule has 3 nitrogen and oxygen atoms in total. The third-order valence-corrected chi connectivity index (χ3v) is 6.63. The number of rotatable bonds is 2. The molecule has 106 valence electrons. The maximum Gasteiger partial charge on any atom is 0.162 e. The molecule has 1 aliphatic rings. The van der Waals surface area contributed by atoms with Gasteiger partial charge in [-0.3, -0.25) is 0 Å². The van der Waals surface area contributed by atoms with Crippen molar-refractivity contribution < 1.29 is 9.47 Å². The summed E-state index contributed by atoms with van der Waals surface area (Å²) in [5.74, 6) is 1.37. The summed E-state index contributed by atoms with van der Waals surface area (Å²) in [5, 5.41) is 0.586. The van der Waals surface area contributed by atoms with Crippen molar-refractivity contribution in [3.8, 4) is 11.5 Å². The number of fused-ring (bicyclic) bond motifs is 1. The lowest BCUT2D eigenvalue weighted by atomic mass is 10.1. The number of benzene rings is 1. The quantitative estimate of drug-likeness (QED) is 0.735. The van der Waals surface area contributed by atoms with Crippen molar-refractivity contribution in [1.29, 1.82) is 0 Å². The lowest BCUT2D eigenvalue weighted by Gasteiger charge is -2.21. The van der Waals surface area contributed by atoms with E-state index in [1.807, 2.05) is 12.1 Å². The van der Waals surface area contributed by atoms with Gasteiger partial charge in [0.15, 0.2) is 11.5 Å². The minimum absolute atomic E-state index is 0.300. The fourth-order valence-corrected chi connectivity index (χ4v) is 4.37. The molecule has 3 rings (SSSR count). The van der Waals surface area contributed by atoms with Gasteiger partial charge in [0.05, 0.1) is 9.83 Å². The fraction of sp³-hybridized carbons (Fsp3) is 0.231. The highest BCUT2D eigenvalue weighted by Gasteiger charge is 2.21. The highest BCUT2D eigenvalue weighted by Crippen LogP contribution is 2.42. The van der Waals surface area contributed by atoms with Gasteiger partial charge in [-0.25, -0.2) is 0 Å². The maximum absolute atomic E-state index is 6.32. The van der Waals surface area contributed by atoms with Crippen LogP contribution in [-0.4, -0.2) is 13.2 Å². The Kier molecular flexibility index (Phi) is 4.29. The van der Waals surface area contributed by atoms with Gasteiger partial charge in [0.1, 0.15) is 13.2 Å². The van der Waals surface area contributed by atoms with E-state index in [0.717, 1.165) is 18.7 Å². The Bertz CT molecular complexity index is 643. The van der Waals surface area contributed by atoms with E-state index >= 15 is 0 Å². The van der Waals surface area contributed by atoms with Crippen LogP contribution >= 0.6 is 54.8 Å². The van der Waals surface area contributed by atoms with Crippen LogP contribution in [0.15, 0.2) is 26.5 Å². The second-order valence-corrected chi connectivity index (χ2v) is 7.93. The molecule has 1 atom stereocenters. The molecule has 1 unspecified atom stereocenters. The summed E-state index contributed by atoms with van der Waals surface area (Å²) >= 11 is 14.8. The largest absolute Gasteiger partial charge is 0.486 e. The van der Waals surface area contributed by atoms with E-state index in [-0.39, 0.29) is 6.04 Å². The van der Waals surface area contributed by atoms with Gasteiger partial charge >= 0.3 is 0 Å². The Balaban J connectivity index is 2.00. The summed E-state index contributed by atoms with van der Waals surface area (Å²) in [6, 6.07) is 5.32. The number of halogens is 3. The first-order chi connectivity index (χ1) is 9.56. The Hall–Kier alpha value is -0.270. The van der Waals surface area contributed by atoms with E-state index in [0.29, 0.717) is 29.7 Å². The average Bonchev–Trinajstić information content (AvgIpc) is 2.77. The van der Waals surface area contributed by atoms with Crippen LogP contribution in [0.3, 0.4) is 0 Å². The van der Waals surface area contributed by atoms with Gasteiger partial charge in [0.25, 0.3) is 0 Å². The molecular weight excluding hydrogens is 429 g/mol. The lowest BCUT2D eigenvalue weighted by molar-refractivity contribution is 0.171. The molecule has 2 heterocycles. The van der Waals surface area contributed by atoms with Gasteiger partial charge in [-0.1, -0.05) is 11.6 Å². The van der Waals surface area contributed by atoms with Crippen molar-refractivity contribution in [2.24, 2.45) is 5.73 Å². The molecule has 2 aromatic rings. The van der Waals surface area contributed by atoms with E-state index < -0.39 is 0 Å². The van der Waals surface area contributed by atoms with Gasteiger partial charge in [-0.2, -0.15) is 0 Å².